The van der Waals surface area contributed by atoms with Gasteiger partial charge in [-0.15, -0.1) is 0 Å². The number of rotatable bonds is 2. The van der Waals surface area contributed by atoms with Gasteiger partial charge < -0.3 is 9.84 Å². The van der Waals surface area contributed by atoms with Crippen LogP contribution in [0.25, 0.3) is 10.9 Å². The van der Waals surface area contributed by atoms with E-state index in [9.17, 15) is 14.3 Å². The predicted octanol–water partition coefficient (Wildman–Crippen LogP) is 2.54. The zero-order chi connectivity index (χ0) is 14.2. The lowest BCUT2D eigenvalue weighted by Gasteiger charge is -2.15. The van der Waals surface area contributed by atoms with Gasteiger partial charge in [-0.25, -0.2) is 9.18 Å². The average molecular weight is 284 g/mol. The molecule has 0 spiro atoms. The molecule has 1 atom stereocenters. The summed E-state index contributed by atoms with van der Waals surface area (Å²) in [5.74, 6) is -1.43. The van der Waals surface area contributed by atoms with Gasteiger partial charge in [0.25, 0.3) is 0 Å². The summed E-state index contributed by atoms with van der Waals surface area (Å²) in [6, 6.07) is 4.35. The van der Waals surface area contributed by atoms with E-state index >= 15 is 0 Å². The number of aliphatic hydroxyl groups is 1. The Balaban J connectivity index is 2.75. The number of aromatic nitrogens is 1. The van der Waals surface area contributed by atoms with Crippen molar-refractivity contribution in [1.82, 2.24) is 4.98 Å². The van der Waals surface area contributed by atoms with Gasteiger partial charge in [-0.2, -0.15) is 0 Å². The van der Waals surface area contributed by atoms with Gasteiger partial charge in [-0.1, -0.05) is 17.7 Å². The van der Waals surface area contributed by atoms with Crippen molar-refractivity contribution in [3.8, 4) is 0 Å². The number of hydrogen-bond donors (Lipinski definition) is 1. The molecule has 0 aliphatic carbocycles. The van der Waals surface area contributed by atoms with Crippen molar-refractivity contribution in [2.24, 2.45) is 0 Å². The van der Waals surface area contributed by atoms with Crippen LogP contribution in [0.5, 0.6) is 0 Å². The molecule has 0 saturated heterocycles. The molecule has 0 fully saturated rings. The number of carbonyl (C=O) groups is 1. The Labute approximate surface area is 113 Å². The van der Waals surface area contributed by atoms with Crippen LogP contribution < -0.4 is 0 Å². The highest BCUT2D eigenvalue weighted by atomic mass is 35.5. The number of methoxy groups -OCH3 is 1. The zero-order valence-electron chi connectivity index (χ0n) is 10.3. The van der Waals surface area contributed by atoms with E-state index in [0.29, 0.717) is 11.2 Å². The monoisotopic (exact) mass is 283 g/mol. The smallest absolute Gasteiger partial charge is 0.339 e. The van der Waals surface area contributed by atoms with E-state index in [2.05, 4.69) is 9.72 Å². The molecular formula is C13H11ClFNO3. The summed E-state index contributed by atoms with van der Waals surface area (Å²) in [7, 11) is 1.14. The van der Waals surface area contributed by atoms with Crippen LogP contribution in [0, 0.1) is 12.7 Å². The summed E-state index contributed by atoms with van der Waals surface area (Å²) in [6.45, 7) is 1.58. The third-order valence-electron chi connectivity index (χ3n) is 2.82. The van der Waals surface area contributed by atoms with Crippen molar-refractivity contribution in [1.29, 1.82) is 0 Å². The van der Waals surface area contributed by atoms with Crippen molar-refractivity contribution < 1.29 is 19.0 Å². The molecule has 0 bridgehead atoms. The van der Waals surface area contributed by atoms with Crippen molar-refractivity contribution in [2.45, 2.75) is 13.0 Å². The molecule has 19 heavy (non-hydrogen) atoms. The lowest BCUT2D eigenvalue weighted by Crippen LogP contribution is -2.16. The van der Waals surface area contributed by atoms with Crippen LogP contribution in [0.4, 0.5) is 4.39 Å². The number of halogens is 2. The molecule has 2 aromatic rings. The Morgan fingerprint density at radius 2 is 2.21 bits per heavy atom. The van der Waals surface area contributed by atoms with Crippen molar-refractivity contribution in [3.05, 3.63) is 40.3 Å². The molecular weight excluding hydrogens is 273 g/mol. The molecule has 0 aliphatic heterocycles. The maximum atomic E-state index is 13.8. The SMILES string of the molecule is COC(=O)C(O)c1c(C)nc2cccc(F)c2c1Cl. The van der Waals surface area contributed by atoms with Gasteiger partial charge in [-0.05, 0) is 19.1 Å². The topological polar surface area (TPSA) is 59.4 Å². The molecule has 1 N–H and O–H groups in total. The number of nitrogens with zero attached hydrogens (tertiary/aromatic N) is 1. The summed E-state index contributed by atoms with van der Waals surface area (Å²) >= 11 is 6.10. The number of ether oxygens (including phenoxy) is 1. The third-order valence-corrected chi connectivity index (χ3v) is 3.22. The summed E-state index contributed by atoms with van der Waals surface area (Å²) in [5.41, 5.74) is 0.774. The number of pyridine rings is 1. The van der Waals surface area contributed by atoms with Crippen molar-refractivity contribution in [3.63, 3.8) is 0 Å². The highest BCUT2D eigenvalue weighted by Crippen LogP contribution is 2.34. The highest BCUT2D eigenvalue weighted by Gasteiger charge is 2.26. The van der Waals surface area contributed by atoms with Crippen LogP contribution in [0.2, 0.25) is 5.02 Å². The van der Waals surface area contributed by atoms with Gasteiger partial charge in [0.15, 0.2) is 6.10 Å². The second kappa shape index (κ2) is 5.11. The van der Waals surface area contributed by atoms with Crippen LogP contribution in [-0.2, 0) is 9.53 Å². The van der Waals surface area contributed by atoms with Gasteiger partial charge in [0.1, 0.15) is 5.82 Å². The number of aliphatic hydroxyl groups excluding tert-OH is 1. The van der Waals surface area contributed by atoms with Crippen LogP contribution in [0.1, 0.15) is 17.4 Å². The number of hydrogen-bond acceptors (Lipinski definition) is 4. The van der Waals surface area contributed by atoms with E-state index in [0.717, 1.165) is 7.11 Å². The second-order valence-electron chi connectivity index (χ2n) is 3.98. The molecule has 1 unspecified atom stereocenters. The normalized spacial score (nSPS) is 12.5. The van der Waals surface area contributed by atoms with E-state index in [-0.39, 0.29) is 16.0 Å². The minimum atomic E-state index is -1.59. The maximum absolute atomic E-state index is 13.8. The highest BCUT2D eigenvalue weighted by molar-refractivity contribution is 6.36. The maximum Gasteiger partial charge on any atom is 0.339 e. The summed E-state index contributed by atoms with van der Waals surface area (Å²) in [6.07, 6.45) is -1.59. The molecule has 1 heterocycles. The molecule has 0 aliphatic rings. The third kappa shape index (κ3) is 2.27. The van der Waals surface area contributed by atoms with E-state index in [4.69, 9.17) is 11.6 Å². The van der Waals surface area contributed by atoms with E-state index < -0.39 is 17.9 Å². The first-order valence-corrected chi connectivity index (χ1v) is 5.85. The molecule has 0 radical (unpaired) electrons. The second-order valence-corrected chi connectivity index (χ2v) is 4.36. The lowest BCUT2D eigenvalue weighted by atomic mass is 10.0. The minimum Gasteiger partial charge on any atom is -0.467 e. The number of esters is 1. The fraction of sp³-hybridized carbons (Fsp3) is 0.231. The van der Waals surface area contributed by atoms with E-state index in [1.54, 1.807) is 13.0 Å². The lowest BCUT2D eigenvalue weighted by molar-refractivity contribution is -0.150. The quantitative estimate of drug-likeness (QED) is 0.861. The first kappa shape index (κ1) is 13.7. The number of fused-ring (bicyclic) bond motifs is 1. The van der Waals surface area contributed by atoms with Gasteiger partial charge in [-0.3, -0.25) is 4.98 Å². The van der Waals surface area contributed by atoms with Gasteiger partial charge in [0.2, 0.25) is 0 Å². The average Bonchev–Trinajstić information content (AvgIpc) is 2.37. The number of carbonyl (C=O) groups excluding carboxylic acids is 1. The fourth-order valence-electron chi connectivity index (χ4n) is 1.90. The first-order valence-electron chi connectivity index (χ1n) is 5.47. The van der Waals surface area contributed by atoms with Gasteiger partial charge in [0, 0.05) is 11.3 Å². The minimum absolute atomic E-state index is 0.0292. The molecule has 100 valence electrons. The summed E-state index contributed by atoms with van der Waals surface area (Å²) < 4.78 is 18.2. The Hall–Kier alpha value is -1.72. The molecule has 6 heteroatoms. The molecule has 1 aromatic heterocycles. The molecule has 1 aromatic carbocycles. The zero-order valence-corrected chi connectivity index (χ0v) is 11.0. The molecule has 0 amide bonds. The Morgan fingerprint density at radius 3 is 2.84 bits per heavy atom. The summed E-state index contributed by atoms with van der Waals surface area (Å²) in [5, 5.41) is 9.93. The van der Waals surface area contributed by atoms with Crippen LogP contribution in [0.3, 0.4) is 0 Å². The van der Waals surface area contributed by atoms with Crippen molar-refractivity contribution in [2.75, 3.05) is 7.11 Å². The largest absolute Gasteiger partial charge is 0.467 e. The van der Waals surface area contributed by atoms with Gasteiger partial charge in [0.05, 0.1) is 23.0 Å². The van der Waals surface area contributed by atoms with Gasteiger partial charge >= 0.3 is 5.97 Å². The molecule has 4 nitrogen and oxygen atoms in total. The first-order chi connectivity index (χ1) is 8.97. The van der Waals surface area contributed by atoms with E-state index in [1.165, 1.54) is 12.1 Å². The number of benzene rings is 1. The Morgan fingerprint density at radius 1 is 1.53 bits per heavy atom. The number of aryl methyl sites for hydroxylation is 1. The fourth-order valence-corrected chi connectivity index (χ4v) is 2.33. The van der Waals surface area contributed by atoms with E-state index in [1.807, 2.05) is 0 Å². The van der Waals surface area contributed by atoms with Crippen LogP contribution in [0.15, 0.2) is 18.2 Å². The van der Waals surface area contributed by atoms with Crippen molar-refractivity contribution >= 4 is 28.5 Å². The standard InChI is InChI=1S/C13H11ClFNO3/c1-6-9(12(17)13(18)19-2)11(14)10-7(15)4-3-5-8(10)16-6/h3-5,12,17H,1-2H3. The molecule has 0 saturated carbocycles. The molecule has 2 rings (SSSR count). The predicted molar refractivity (Wildman–Crippen MR) is 68.4 cm³/mol. The Kier molecular flexibility index (Phi) is 3.68. The van der Waals surface area contributed by atoms with Crippen LogP contribution >= 0.6 is 11.6 Å². The van der Waals surface area contributed by atoms with Crippen LogP contribution in [-0.4, -0.2) is 23.2 Å². The Bertz CT molecular complexity index is 660. The summed E-state index contributed by atoms with van der Waals surface area (Å²) in [4.78, 5) is 15.5.